The summed E-state index contributed by atoms with van der Waals surface area (Å²) in [6.07, 6.45) is 0. The highest BCUT2D eigenvalue weighted by Crippen LogP contribution is 2.30. The van der Waals surface area contributed by atoms with Gasteiger partial charge in [0.2, 0.25) is 0 Å². The number of rotatable bonds is 0. The molecule has 0 aliphatic carbocycles. The first-order valence-electron chi connectivity index (χ1n) is 3.82. The van der Waals surface area contributed by atoms with E-state index >= 15 is 0 Å². The van der Waals surface area contributed by atoms with E-state index in [0.717, 1.165) is 15.2 Å². The molecule has 2 N–H and O–H groups in total. The first-order valence-corrected chi connectivity index (χ1v) is 4.61. The van der Waals surface area contributed by atoms with E-state index in [1.165, 1.54) is 6.07 Å². The maximum absolute atomic E-state index is 13.2. The summed E-state index contributed by atoms with van der Waals surface area (Å²) in [6.45, 7) is 0. The third-order valence-corrected chi connectivity index (χ3v) is 2.64. The summed E-state index contributed by atoms with van der Waals surface area (Å²) in [7, 11) is 0. The van der Waals surface area contributed by atoms with E-state index in [1.54, 1.807) is 6.07 Å². The Labute approximate surface area is 83.5 Å². The second-order valence-electron chi connectivity index (χ2n) is 2.80. The van der Waals surface area contributed by atoms with Gasteiger partial charge >= 0.3 is 0 Å². The Morgan fingerprint density at radius 3 is 2.46 bits per heavy atom. The van der Waals surface area contributed by atoms with Gasteiger partial charge in [0.15, 0.2) is 0 Å². The Kier molecular flexibility index (Phi) is 1.96. The van der Waals surface area contributed by atoms with Crippen molar-refractivity contribution in [3.63, 3.8) is 0 Å². The van der Waals surface area contributed by atoms with Crippen molar-refractivity contribution in [3.05, 3.63) is 40.6 Å². The number of fused-ring (bicyclic) bond motifs is 1. The number of halogens is 2. The van der Waals surface area contributed by atoms with Crippen LogP contribution in [0.3, 0.4) is 0 Å². The predicted octanol–water partition coefficient (Wildman–Crippen LogP) is 3.32. The smallest absolute Gasteiger partial charge is 0.147 e. The molecular weight excluding hydrogens is 233 g/mol. The number of hydrogen-bond acceptors (Lipinski definition) is 1. The molecule has 0 fully saturated rings. The predicted molar refractivity (Wildman–Crippen MR) is 56.0 cm³/mol. The van der Waals surface area contributed by atoms with E-state index in [1.807, 2.05) is 18.2 Å². The molecule has 3 heteroatoms. The van der Waals surface area contributed by atoms with Gasteiger partial charge in [0.05, 0.1) is 5.69 Å². The van der Waals surface area contributed by atoms with Crippen molar-refractivity contribution < 1.29 is 4.39 Å². The van der Waals surface area contributed by atoms with Crippen molar-refractivity contribution in [3.8, 4) is 0 Å². The van der Waals surface area contributed by atoms with E-state index in [0.29, 0.717) is 0 Å². The zero-order valence-corrected chi connectivity index (χ0v) is 8.31. The fourth-order valence-electron chi connectivity index (χ4n) is 1.32. The second-order valence-corrected chi connectivity index (χ2v) is 3.65. The van der Waals surface area contributed by atoms with Gasteiger partial charge in [0.25, 0.3) is 0 Å². The lowest BCUT2D eigenvalue weighted by Gasteiger charge is -2.04. The van der Waals surface area contributed by atoms with Crippen molar-refractivity contribution in [2.75, 3.05) is 5.73 Å². The molecule has 2 aromatic rings. The van der Waals surface area contributed by atoms with Gasteiger partial charge in [0, 0.05) is 9.86 Å². The van der Waals surface area contributed by atoms with E-state index < -0.39 is 0 Å². The van der Waals surface area contributed by atoms with Gasteiger partial charge in [-0.25, -0.2) is 4.39 Å². The van der Waals surface area contributed by atoms with Crippen LogP contribution in [0.15, 0.2) is 34.8 Å². The molecule has 0 aliphatic rings. The fourth-order valence-corrected chi connectivity index (χ4v) is 1.87. The van der Waals surface area contributed by atoms with Crippen molar-refractivity contribution in [2.45, 2.75) is 0 Å². The first kappa shape index (κ1) is 8.51. The molecule has 13 heavy (non-hydrogen) atoms. The second kappa shape index (κ2) is 3.00. The minimum atomic E-state index is -0.384. The Hall–Kier alpha value is -1.09. The molecule has 2 rings (SSSR count). The third kappa shape index (κ3) is 1.29. The molecule has 0 atom stereocenters. The van der Waals surface area contributed by atoms with E-state index in [9.17, 15) is 4.39 Å². The van der Waals surface area contributed by atoms with Crippen molar-refractivity contribution >= 4 is 32.4 Å². The minimum absolute atomic E-state index is 0.207. The Bertz CT molecular complexity index is 468. The summed E-state index contributed by atoms with van der Waals surface area (Å²) < 4.78 is 13.9. The lowest BCUT2D eigenvalue weighted by molar-refractivity contribution is 0.633. The summed E-state index contributed by atoms with van der Waals surface area (Å²) in [5.41, 5.74) is 5.80. The van der Waals surface area contributed by atoms with Crippen LogP contribution >= 0.6 is 15.9 Å². The third-order valence-electron chi connectivity index (χ3n) is 1.99. The average molecular weight is 240 g/mol. The van der Waals surface area contributed by atoms with E-state index in [2.05, 4.69) is 15.9 Å². The lowest BCUT2D eigenvalue weighted by Crippen LogP contribution is -1.92. The van der Waals surface area contributed by atoms with Crippen molar-refractivity contribution in [1.29, 1.82) is 0 Å². The van der Waals surface area contributed by atoms with Gasteiger partial charge in [-0.3, -0.25) is 0 Å². The van der Waals surface area contributed by atoms with Gasteiger partial charge in [-0.05, 0) is 11.5 Å². The number of anilines is 1. The molecule has 0 spiro atoms. The van der Waals surface area contributed by atoms with E-state index in [-0.39, 0.29) is 11.5 Å². The number of hydrogen-bond donors (Lipinski definition) is 1. The molecule has 0 saturated carbocycles. The molecule has 0 heterocycles. The van der Waals surface area contributed by atoms with E-state index in [4.69, 9.17) is 5.73 Å². The van der Waals surface area contributed by atoms with Gasteiger partial charge in [-0.2, -0.15) is 0 Å². The summed E-state index contributed by atoms with van der Waals surface area (Å²) in [5.74, 6) is -0.384. The topological polar surface area (TPSA) is 26.0 Å². The van der Waals surface area contributed by atoms with Crippen LogP contribution in [0.4, 0.5) is 10.1 Å². The number of benzene rings is 2. The molecular formula is C10H7BrFN. The highest BCUT2D eigenvalue weighted by molar-refractivity contribution is 9.10. The molecule has 0 bridgehead atoms. The van der Waals surface area contributed by atoms with Gasteiger partial charge in [0.1, 0.15) is 5.82 Å². The van der Waals surface area contributed by atoms with Crippen LogP contribution in [0, 0.1) is 5.82 Å². The molecule has 0 saturated heterocycles. The molecule has 0 radical (unpaired) electrons. The van der Waals surface area contributed by atoms with Crippen LogP contribution in [0.25, 0.3) is 10.8 Å². The highest BCUT2D eigenvalue weighted by Gasteiger charge is 2.06. The fraction of sp³-hybridized carbons (Fsp3) is 0. The van der Waals surface area contributed by atoms with Gasteiger partial charge in [-0.1, -0.05) is 40.2 Å². The Morgan fingerprint density at radius 1 is 1.15 bits per heavy atom. The summed E-state index contributed by atoms with van der Waals surface area (Å²) in [5, 5.41) is 1.68. The minimum Gasteiger partial charge on any atom is -0.396 e. The van der Waals surface area contributed by atoms with Crippen LogP contribution in [-0.2, 0) is 0 Å². The monoisotopic (exact) mass is 239 g/mol. The number of nitrogen functional groups attached to an aromatic ring is 1. The molecule has 0 aromatic heterocycles. The molecule has 0 amide bonds. The highest BCUT2D eigenvalue weighted by atomic mass is 79.9. The molecule has 1 nitrogen and oxygen atoms in total. The number of nitrogens with two attached hydrogens (primary N) is 1. The quantitative estimate of drug-likeness (QED) is 0.702. The van der Waals surface area contributed by atoms with Crippen LogP contribution in [-0.4, -0.2) is 0 Å². The molecule has 2 aromatic carbocycles. The lowest BCUT2D eigenvalue weighted by atomic mass is 10.1. The van der Waals surface area contributed by atoms with Crippen molar-refractivity contribution in [2.24, 2.45) is 0 Å². The first-order chi connectivity index (χ1) is 6.20. The normalized spacial score (nSPS) is 10.6. The van der Waals surface area contributed by atoms with Crippen LogP contribution < -0.4 is 5.73 Å². The summed E-state index contributed by atoms with van der Waals surface area (Å²) in [6, 6.07) is 8.82. The average Bonchev–Trinajstić information content (AvgIpc) is 2.15. The maximum Gasteiger partial charge on any atom is 0.147 e. The summed E-state index contributed by atoms with van der Waals surface area (Å²) in [4.78, 5) is 0. The summed E-state index contributed by atoms with van der Waals surface area (Å²) >= 11 is 3.29. The van der Waals surface area contributed by atoms with Crippen LogP contribution in [0.2, 0.25) is 0 Å². The zero-order chi connectivity index (χ0) is 9.42. The maximum atomic E-state index is 13.2. The molecule has 0 aliphatic heterocycles. The molecule has 66 valence electrons. The largest absolute Gasteiger partial charge is 0.396 e. The Morgan fingerprint density at radius 2 is 1.77 bits per heavy atom. The SMILES string of the molecule is Nc1c(F)cc(Br)c2ccccc12. The van der Waals surface area contributed by atoms with Gasteiger partial charge in [-0.15, -0.1) is 0 Å². The zero-order valence-electron chi connectivity index (χ0n) is 6.72. The Balaban J connectivity index is 2.97. The van der Waals surface area contributed by atoms with Crippen molar-refractivity contribution in [1.82, 2.24) is 0 Å². The van der Waals surface area contributed by atoms with Crippen LogP contribution in [0.1, 0.15) is 0 Å². The standard InChI is InChI=1S/C10H7BrFN/c11-8-5-9(12)10(13)7-4-2-1-3-6(7)8/h1-5H,13H2. The van der Waals surface area contributed by atoms with Gasteiger partial charge < -0.3 is 5.73 Å². The van der Waals surface area contributed by atoms with Crippen LogP contribution in [0.5, 0.6) is 0 Å². The molecule has 0 unspecified atom stereocenters.